The van der Waals surface area contributed by atoms with E-state index in [4.69, 9.17) is 0 Å². The number of benzene rings is 1. The van der Waals surface area contributed by atoms with Crippen LogP contribution in [0.25, 0.3) is 11.3 Å². The number of aromatic amines is 1. The van der Waals surface area contributed by atoms with Gasteiger partial charge in [0.1, 0.15) is 0 Å². The fourth-order valence-corrected chi connectivity index (χ4v) is 2.74. The zero-order chi connectivity index (χ0) is 17.5. The lowest BCUT2D eigenvalue weighted by atomic mass is 10.1. The van der Waals surface area contributed by atoms with Crippen LogP contribution in [0.5, 0.6) is 0 Å². The molecule has 1 aromatic carbocycles. The van der Waals surface area contributed by atoms with E-state index in [1.165, 1.54) is 17.6 Å². The highest BCUT2D eigenvalue weighted by Crippen LogP contribution is 2.18. The molecular formula is C17H15N5O2S. The van der Waals surface area contributed by atoms with Gasteiger partial charge in [0.05, 0.1) is 29.5 Å². The molecule has 0 aliphatic rings. The Balaban J connectivity index is 1.53. The number of aromatic nitrogens is 2. The van der Waals surface area contributed by atoms with Crippen LogP contribution in [-0.2, 0) is 4.79 Å². The standard InChI is InChI=1S/C17H15N5O2S/c23-15(11-18-17(24)14-7-4-8-25-14)21-19-9-13-10-20-22-16(13)12-5-2-1-3-6-12/h1-10H,11H2,(H,18,24)(H,20,22)(H,21,23). The van der Waals surface area contributed by atoms with Crippen LogP contribution in [0.15, 0.2) is 59.1 Å². The molecule has 0 fully saturated rings. The highest BCUT2D eigenvalue weighted by atomic mass is 32.1. The second kappa shape index (κ2) is 8.02. The maximum absolute atomic E-state index is 11.7. The van der Waals surface area contributed by atoms with Crippen molar-refractivity contribution in [1.82, 2.24) is 20.9 Å². The molecule has 0 saturated carbocycles. The van der Waals surface area contributed by atoms with E-state index in [9.17, 15) is 9.59 Å². The summed E-state index contributed by atoms with van der Waals surface area (Å²) in [6, 6.07) is 13.1. The first-order valence-electron chi connectivity index (χ1n) is 7.46. The van der Waals surface area contributed by atoms with E-state index in [1.807, 2.05) is 30.3 Å². The highest BCUT2D eigenvalue weighted by molar-refractivity contribution is 7.12. The van der Waals surface area contributed by atoms with Gasteiger partial charge in [-0.25, -0.2) is 5.43 Å². The number of carbonyl (C=O) groups excluding carboxylic acids is 2. The lowest BCUT2D eigenvalue weighted by molar-refractivity contribution is -0.120. The van der Waals surface area contributed by atoms with Crippen LogP contribution in [0.3, 0.4) is 0 Å². The van der Waals surface area contributed by atoms with Gasteiger partial charge < -0.3 is 5.32 Å². The molecule has 8 heteroatoms. The molecule has 0 aliphatic carbocycles. The van der Waals surface area contributed by atoms with Gasteiger partial charge in [-0.3, -0.25) is 14.7 Å². The third-order valence-electron chi connectivity index (χ3n) is 3.28. The molecule has 2 heterocycles. The van der Waals surface area contributed by atoms with Crippen molar-refractivity contribution in [3.8, 4) is 11.3 Å². The summed E-state index contributed by atoms with van der Waals surface area (Å²) in [6.45, 7) is -0.148. The Labute approximate surface area is 147 Å². The van der Waals surface area contributed by atoms with Gasteiger partial charge in [-0.2, -0.15) is 10.2 Å². The number of hydrogen-bond acceptors (Lipinski definition) is 5. The maximum atomic E-state index is 11.7. The molecule has 0 radical (unpaired) electrons. The van der Waals surface area contributed by atoms with E-state index in [0.717, 1.165) is 16.8 Å². The molecule has 0 unspecified atom stereocenters. The number of thiophene rings is 1. The van der Waals surface area contributed by atoms with E-state index in [0.29, 0.717) is 4.88 Å². The van der Waals surface area contributed by atoms with Gasteiger partial charge in [0, 0.05) is 11.1 Å². The van der Waals surface area contributed by atoms with E-state index in [-0.39, 0.29) is 12.5 Å². The number of hydrogen-bond donors (Lipinski definition) is 3. The first-order valence-corrected chi connectivity index (χ1v) is 8.34. The third-order valence-corrected chi connectivity index (χ3v) is 4.15. The highest BCUT2D eigenvalue weighted by Gasteiger charge is 2.08. The van der Waals surface area contributed by atoms with E-state index < -0.39 is 5.91 Å². The van der Waals surface area contributed by atoms with Gasteiger partial charge in [0.25, 0.3) is 11.8 Å². The summed E-state index contributed by atoms with van der Waals surface area (Å²) < 4.78 is 0. The largest absolute Gasteiger partial charge is 0.342 e. The normalized spacial score (nSPS) is 10.7. The number of nitrogens with one attached hydrogen (secondary N) is 3. The Morgan fingerprint density at radius 2 is 2.04 bits per heavy atom. The fraction of sp³-hybridized carbons (Fsp3) is 0.0588. The van der Waals surface area contributed by atoms with E-state index in [2.05, 4.69) is 26.0 Å². The Morgan fingerprint density at radius 3 is 2.80 bits per heavy atom. The SMILES string of the molecule is O=C(CNC(=O)c1cccs1)NN=Cc1cn[nH]c1-c1ccccc1. The minimum Gasteiger partial charge on any atom is -0.342 e. The predicted octanol–water partition coefficient (Wildman–Crippen LogP) is 2.02. The zero-order valence-corrected chi connectivity index (χ0v) is 13.9. The number of hydrazone groups is 1. The maximum Gasteiger partial charge on any atom is 0.261 e. The molecular weight excluding hydrogens is 338 g/mol. The van der Waals surface area contributed by atoms with Crippen molar-refractivity contribution < 1.29 is 9.59 Å². The summed E-state index contributed by atoms with van der Waals surface area (Å²) in [7, 11) is 0. The summed E-state index contributed by atoms with van der Waals surface area (Å²) in [5.74, 6) is -0.693. The van der Waals surface area contributed by atoms with Gasteiger partial charge in [0.15, 0.2) is 0 Å². The lowest BCUT2D eigenvalue weighted by Gasteiger charge is -2.02. The molecule has 0 bridgehead atoms. The molecule has 25 heavy (non-hydrogen) atoms. The number of amides is 2. The topological polar surface area (TPSA) is 99.2 Å². The molecule has 3 N–H and O–H groups in total. The van der Waals surface area contributed by atoms with Crippen LogP contribution < -0.4 is 10.7 Å². The Hall–Kier alpha value is -3.26. The van der Waals surface area contributed by atoms with Crippen LogP contribution in [-0.4, -0.2) is 34.8 Å². The van der Waals surface area contributed by atoms with Crippen LogP contribution in [0.2, 0.25) is 0 Å². The molecule has 0 aliphatic heterocycles. The molecule has 0 atom stereocenters. The van der Waals surface area contributed by atoms with Gasteiger partial charge in [-0.1, -0.05) is 36.4 Å². The summed E-state index contributed by atoms with van der Waals surface area (Å²) in [4.78, 5) is 24.0. The second-order valence-electron chi connectivity index (χ2n) is 5.02. The minimum atomic E-state index is -0.411. The van der Waals surface area contributed by atoms with Crippen molar-refractivity contribution in [1.29, 1.82) is 0 Å². The molecule has 2 amide bonds. The van der Waals surface area contributed by atoms with Crippen LogP contribution in [0.4, 0.5) is 0 Å². The zero-order valence-electron chi connectivity index (χ0n) is 13.1. The number of rotatable bonds is 6. The predicted molar refractivity (Wildman–Crippen MR) is 96.4 cm³/mol. The second-order valence-corrected chi connectivity index (χ2v) is 5.97. The van der Waals surface area contributed by atoms with Crippen molar-refractivity contribution in [3.63, 3.8) is 0 Å². The van der Waals surface area contributed by atoms with Gasteiger partial charge in [-0.05, 0) is 11.4 Å². The van der Waals surface area contributed by atoms with Crippen LogP contribution in [0.1, 0.15) is 15.2 Å². The van der Waals surface area contributed by atoms with Gasteiger partial charge in [-0.15, -0.1) is 11.3 Å². The molecule has 126 valence electrons. The van der Waals surface area contributed by atoms with Crippen molar-refractivity contribution >= 4 is 29.4 Å². The molecule has 0 saturated heterocycles. The van der Waals surface area contributed by atoms with Crippen molar-refractivity contribution in [2.24, 2.45) is 5.10 Å². The van der Waals surface area contributed by atoms with Crippen molar-refractivity contribution in [2.75, 3.05) is 6.54 Å². The summed E-state index contributed by atoms with van der Waals surface area (Å²) in [6.07, 6.45) is 3.13. The Morgan fingerprint density at radius 1 is 1.20 bits per heavy atom. The lowest BCUT2D eigenvalue weighted by Crippen LogP contribution is -2.34. The molecule has 3 rings (SSSR count). The van der Waals surface area contributed by atoms with E-state index in [1.54, 1.807) is 23.7 Å². The minimum absolute atomic E-state index is 0.148. The van der Waals surface area contributed by atoms with Crippen LogP contribution >= 0.6 is 11.3 Å². The first kappa shape index (κ1) is 16.6. The average molecular weight is 353 g/mol. The molecule has 7 nitrogen and oxygen atoms in total. The summed E-state index contributed by atoms with van der Waals surface area (Å²) >= 11 is 1.31. The summed E-state index contributed by atoms with van der Waals surface area (Å²) in [5, 5.41) is 15.1. The van der Waals surface area contributed by atoms with Gasteiger partial charge in [0.2, 0.25) is 0 Å². The summed E-state index contributed by atoms with van der Waals surface area (Å²) in [5.41, 5.74) is 4.90. The average Bonchev–Trinajstić information content (AvgIpc) is 3.32. The Bertz CT molecular complexity index is 872. The monoisotopic (exact) mass is 353 g/mol. The first-order chi connectivity index (χ1) is 12.2. The third kappa shape index (κ3) is 4.39. The van der Waals surface area contributed by atoms with Gasteiger partial charge >= 0.3 is 0 Å². The number of carbonyl (C=O) groups is 2. The molecule has 2 aromatic heterocycles. The fourth-order valence-electron chi connectivity index (χ4n) is 2.10. The van der Waals surface area contributed by atoms with Crippen LogP contribution in [0, 0.1) is 0 Å². The smallest absolute Gasteiger partial charge is 0.261 e. The van der Waals surface area contributed by atoms with E-state index >= 15 is 0 Å². The van der Waals surface area contributed by atoms with Crippen molar-refractivity contribution in [2.45, 2.75) is 0 Å². The molecule has 0 spiro atoms. The number of nitrogens with zero attached hydrogens (tertiary/aromatic N) is 2. The molecule has 3 aromatic rings. The van der Waals surface area contributed by atoms with Crippen molar-refractivity contribution in [3.05, 3.63) is 64.5 Å². The Kier molecular flexibility index (Phi) is 5.32. The number of H-pyrrole nitrogens is 1. The quantitative estimate of drug-likeness (QED) is 0.467.